The summed E-state index contributed by atoms with van der Waals surface area (Å²) in [6, 6.07) is 23.7. The molecule has 3 heterocycles. The molecule has 3 aromatic heterocycles. The molecule has 0 fully saturated rings. The van der Waals surface area contributed by atoms with E-state index < -0.39 is 18.6 Å². The van der Waals surface area contributed by atoms with Crippen LogP contribution in [0.25, 0.3) is 44.5 Å². The number of nitrogen functional groups attached to an aromatic ring is 1. The number of para-hydroxylation sites is 1. The van der Waals surface area contributed by atoms with E-state index in [1.165, 1.54) is 0 Å². The molecule has 0 bridgehead atoms. The van der Waals surface area contributed by atoms with E-state index in [4.69, 9.17) is 5.73 Å². The molecule has 0 spiro atoms. The Hall–Kier alpha value is -5.32. The normalized spacial score (nSPS) is 11.7. The number of aromatic nitrogens is 5. The molecule has 41 heavy (non-hydrogen) atoms. The van der Waals surface area contributed by atoms with Crippen LogP contribution in [0.3, 0.4) is 0 Å². The number of halogens is 3. The Morgan fingerprint density at radius 3 is 2.49 bits per heavy atom. The van der Waals surface area contributed by atoms with Crippen molar-refractivity contribution < 1.29 is 18.0 Å². The first-order valence-electron chi connectivity index (χ1n) is 12.6. The average Bonchev–Trinajstić information content (AvgIpc) is 3.37. The summed E-state index contributed by atoms with van der Waals surface area (Å²) in [5.41, 5.74) is 10.7. The van der Waals surface area contributed by atoms with Gasteiger partial charge in [0.1, 0.15) is 6.54 Å². The van der Waals surface area contributed by atoms with Gasteiger partial charge < -0.3 is 15.6 Å². The quantitative estimate of drug-likeness (QED) is 0.270. The van der Waals surface area contributed by atoms with E-state index in [0.717, 1.165) is 32.9 Å². The molecule has 0 aliphatic heterocycles. The number of hydrogen-bond acceptors (Lipinski definition) is 6. The number of carbonyl (C=O) groups is 1. The predicted octanol–water partition coefficient (Wildman–Crippen LogP) is 5.78. The van der Waals surface area contributed by atoms with Gasteiger partial charge in [-0.15, -0.1) is 0 Å². The number of fused-ring (bicyclic) bond motifs is 2. The van der Waals surface area contributed by atoms with Crippen molar-refractivity contribution in [1.29, 1.82) is 0 Å². The zero-order valence-corrected chi connectivity index (χ0v) is 21.4. The fraction of sp³-hybridized carbons (Fsp3) is 0.100. The maximum Gasteiger partial charge on any atom is 0.406 e. The molecule has 3 N–H and O–H groups in total. The maximum absolute atomic E-state index is 13.3. The van der Waals surface area contributed by atoms with Gasteiger partial charge in [-0.3, -0.25) is 9.78 Å². The summed E-state index contributed by atoms with van der Waals surface area (Å²) < 4.78 is 39.9. The first kappa shape index (κ1) is 25.9. The lowest BCUT2D eigenvalue weighted by Gasteiger charge is -2.14. The van der Waals surface area contributed by atoms with Crippen LogP contribution >= 0.6 is 0 Å². The Morgan fingerprint density at radius 2 is 1.68 bits per heavy atom. The number of nitrogens with two attached hydrogens (primary N) is 1. The number of pyridine rings is 1. The van der Waals surface area contributed by atoms with Gasteiger partial charge in [0.2, 0.25) is 0 Å². The number of nitrogens with zero attached hydrogens (tertiary/aromatic N) is 5. The maximum atomic E-state index is 13.3. The molecule has 0 aliphatic carbocycles. The SMILES string of the molecule is Nc1nc(-c2ccccc2)c(-c2ccc3ncccc3c2)nc1C(=O)NCc1cccc2c1ncn2CC(F)(F)F. The van der Waals surface area contributed by atoms with Crippen molar-refractivity contribution in [2.45, 2.75) is 19.3 Å². The third-order valence-corrected chi connectivity index (χ3v) is 6.58. The smallest absolute Gasteiger partial charge is 0.382 e. The highest BCUT2D eigenvalue weighted by atomic mass is 19.4. The monoisotopic (exact) mass is 553 g/mol. The molecule has 1 amide bonds. The fourth-order valence-electron chi connectivity index (χ4n) is 4.71. The van der Waals surface area contributed by atoms with Crippen molar-refractivity contribution >= 4 is 33.7 Å². The third-order valence-electron chi connectivity index (χ3n) is 6.58. The minimum absolute atomic E-state index is 0.00224. The Labute approximate surface area is 231 Å². The van der Waals surface area contributed by atoms with E-state index in [1.54, 1.807) is 24.4 Å². The van der Waals surface area contributed by atoms with Crippen LogP contribution in [-0.4, -0.2) is 36.6 Å². The summed E-state index contributed by atoms with van der Waals surface area (Å²) in [6.07, 6.45) is -1.54. The molecule has 0 unspecified atom stereocenters. The van der Waals surface area contributed by atoms with Crippen molar-refractivity contribution in [3.05, 3.63) is 103 Å². The molecule has 8 nitrogen and oxygen atoms in total. The second-order valence-electron chi connectivity index (χ2n) is 9.39. The van der Waals surface area contributed by atoms with Gasteiger partial charge in [0.25, 0.3) is 5.91 Å². The molecule has 0 atom stereocenters. The van der Waals surface area contributed by atoms with Crippen LogP contribution in [-0.2, 0) is 13.1 Å². The van der Waals surface area contributed by atoms with E-state index in [0.29, 0.717) is 28.0 Å². The van der Waals surface area contributed by atoms with E-state index in [9.17, 15) is 18.0 Å². The van der Waals surface area contributed by atoms with Crippen LogP contribution < -0.4 is 11.1 Å². The Kier molecular flexibility index (Phi) is 6.54. The molecule has 11 heteroatoms. The standard InChI is InChI=1S/C30H22F3N7O/c31-30(32,33)16-40-17-37-24-21(8-4-10-23(24)40)15-36-29(41)27-28(34)39-25(18-6-2-1-3-7-18)26(38-27)20-11-12-22-19(14-20)9-5-13-35-22/h1-14,17H,15-16H2,(H2,34,39)(H,36,41). The molecule has 0 saturated carbocycles. The summed E-state index contributed by atoms with van der Waals surface area (Å²) >= 11 is 0. The van der Waals surface area contributed by atoms with E-state index >= 15 is 0 Å². The number of imidazole rings is 1. The van der Waals surface area contributed by atoms with Crippen molar-refractivity contribution in [2.24, 2.45) is 0 Å². The highest BCUT2D eigenvalue weighted by molar-refractivity contribution is 5.98. The van der Waals surface area contributed by atoms with Gasteiger partial charge in [0.05, 0.1) is 34.3 Å². The van der Waals surface area contributed by atoms with E-state index in [1.807, 2.05) is 60.7 Å². The molecule has 0 radical (unpaired) electrons. The summed E-state index contributed by atoms with van der Waals surface area (Å²) in [5, 5.41) is 3.67. The van der Waals surface area contributed by atoms with Gasteiger partial charge in [-0.1, -0.05) is 54.6 Å². The summed E-state index contributed by atoms with van der Waals surface area (Å²) in [4.78, 5) is 31.1. The summed E-state index contributed by atoms with van der Waals surface area (Å²) in [7, 11) is 0. The number of benzene rings is 3. The third kappa shape index (κ3) is 5.29. The molecule has 6 rings (SSSR count). The number of carbonyl (C=O) groups excluding carboxylic acids is 1. The second-order valence-corrected chi connectivity index (χ2v) is 9.39. The van der Waals surface area contributed by atoms with Crippen LogP contribution in [0.4, 0.5) is 19.0 Å². The number of rotatable bonds is 6. The lowest BCUT2D eigenvalue weighted by atomic mass is 10.0. The van der Waals surface area contributed by atoms with Crippen LogP contribution in [0.15, 0.2) is 91.4 Å². The number of nitrogens with one attached hydrogen (secondary N) is 1. The largest absolute Gasteiger partial charge is 0.406 e. The van der Waals surface area contributed by atoms with Crippen LogP contribution in [0.5, 0.6) is 0 Å². The van der Waals surface area contributed by atoms with Crippen LogP contribution in [0.2, 0.25) is 0 Å². The minimum Gasteiger partial charge on any atom is -0.382 e. The molecule has 0 saturated heterocycles. The van der Waals surface area contributed by atoms with Crippen LogP contribution in [0.1, 0.15) is 16.1 Å². The van der Waals surface area contributed by atoms with Gasteiger partial charge in [0.15, 0.2) is 11.5 Å². The molecule has 0 aliphatic rings. The topological polar surface area (TPSA) is 112 Å². The average molecular weight is 554 g/mol. The van der Waals surface area contributed by atoms with Gasteiger partial charge in [-0.2, -0.15) is 13.2 Å². The molecular formula is C30H22F3N7O. The second kappa shape index (κ2) is 10.3. The molecule has 3 aromatic carbocycles. The number of amides is 1. The van der Waals surface area contributed by atoms with Crippen molar-refractivity contribution in [3.63, 3.8) is 0 Å². The molecular weight excluding hydrogens is 531 g/mol. The Morgan fingerprint density at radius 1 is 0.878 bits per heavy atom. The van der Waals surface area contributed by atoms with Crippen LogP contribution in [0, 0.1) is 0 Å². The zero-order chi connectivity index (χ0) is 28.6. The first-order valence-corrected chi connectivity index (χ1v) is 12.6. The van der Waals surface area contributed by atoms with Gasteiger partial charge >= 0.3 is 6.18 Å². The summed E-state index contributed by atoms with van der Waals surface area (Å²) in [5.74, 6) is -0.634. The lowest BCUT2D eigenvalue weighted by Crippen LogP contribution is -2.26. The Bertz CT molecular complexity index is 1900. The lowest BCUT2D eigenvalue weighted by molar-refractivity contribution is -0.139. The van der Waals surface area contributed by atoms with Crippen molar-refractivity contribution in [2.75, 3.05) is 5.73 Å². The van der Waals surface area contributed by atoms with Gasteiger partial charge in [-0.05, 0) is 29.8 Å². The molecule has 6 aromatic rings. The van der Waals surface area contributed by atoms with E-state index in [-0.39, 0.29) is 18.1 Å². The number of hydrogen-bond donors (Lipinski definition) is 2. The Balaban J connectivity index is 1.35. The van der Waals surface area contributed by atoms with Crippen molar-refractivity contribution in [1.82, 2.24) is 29.8 Å². The molecule has 204 valence electrons. The highest BCUT2D eigenvalue weighted by Crippen LogP contribution is 2.32. The minimum atomic E-state index is -4.39. The number of anilines is 1. The highest BCUT2D eigenvalue weighted by Gasteiger charge is 2.29. The van der Waals surface area contributed by atoms with E-state index in [2.05, 4.69) is 25.3 Å². The fourth-order valence-corrected chi connectivity index (χ4v) is 4.71. The van der Waals surface area contributed by atoms with Gasteiger partial charge in [-0.25, -0.2) is 15.0 Å². The van der Waals surface area contributed by atoms with Gasteiger partial charge in [0, 0.05) is 29.3 Å². The predicted molar refractivity (Wildman–Crippen MR) is 150 cm³/mol. The van der Waals surface area contributed by atoms with Crippen molar-refractivity contribution in [3.8, 4) is 22.5 Å². The zero-order valence-electron chi connectivity index (χ0n) is 21.4. The first-order chi connectivity index (χ1) is 19.8. The summed E-state index contributed by atoms with van der Waals surface area (Å²) in [6.45, 7) is -1.16. The number of alkyl halides is 3.